The number of morpholine rings is 1. The van der Waals surface area contributed by atoms with E-state index < -0.39 is 12.1 Å². The lowest BCUT2D eigenvalue weighted by Gasteiger charge is -2.31. The molecule has 7 heteroatoms. The van der Waals surface area contributed by atoms with Gasteiger partial charge >= 0.3 is 5.97 Å². The van der Waals surface area contributed by atoms with Crippen LogP contribution in [0.3, 0.4) is 0 Å². The average molecular weight is 349 g/mol. The topological polar surface area (TPSA) is 66.8 Å². The third-order valence-corrected chi connectivity index (χ3v) is 3.60. The molecule has 1 heterocycles. The molecule has 102 valence electrons. The fourth-order valence-electron chi connectivity index (χ4n) is 1.82. The Hall–Kier alpha value is -1.11. The van der Waals surface area contributed by atoms with Crippen LogP contribution in [-0.4, -0.2) is 47.7 Å². The third-order valence-electron chi connectivity index (χ3n) is 2.79. The number of amides is 1. The predicted octanol–water partition coefficient (Wildman–Crippen LogP) is 2.03. The Bertz CT molecular complexity index is 522. The molecule has 1 fully saturated rings. The number of carbonyl (C=O) groups excluding carboxylic acids is 1. The minimum Gasteiger partial charge on any atom is -0.479 e. The van der Waals surface area contributed by atoms with Crippen molar-refractivity contribution in [2.45, 2.75) is 6.10 Å². The van der Waals surface area contributed by atoms with E-state index in [1.807, 2.05) is 0 Å². The number of ether oxygens (including phenoxy) is 1. The van der Waals surface area contributed by atoms with Gasteiger partial charge in [0.25, 0.3) is 5.91 Å². The van der Waals surface area contributed by atoms with Crippen LogP contribution in [-0.2, 0) is 9.53 Å². The van der Waals surface area contributed by atoms with E-state index in [4.69, 9.17) is 21.4 Å². The molecule has 1 N–H and O–H groups in total. The van der Waals surface area contributed by atoms with Crippen LogP contribution in [0.2, 0.25) is 5.02 Å². The Kier molecular flexibility index (Phi) is 4.44. The number of halogens is 2. The molecule has 0 radical (unpaired) electrons. The summed E-state index contributed by atoms with van der Waals surface area (Å²) in [5, 5.41) is 9.24. The second kappa shape index (κ2) is 5.90. The number of hydrogen-bond donors (Lipinski definition) is 1. The van der Waals surface area contributed by atoms with Crippen LogP contribution in [0.1, 0.15) is 10.4 Å². The van der Waals surface area contributed by atoms with Crippen molar-refractivity contribution in [2.75, 3.05) is 19.7 Å². The van der Waals surface area contributed by atoms with E-state index in [1.165, 1.54) is 4.90 Å². The lowest BCUT2D eigenvalue weighted by molar-refractivity contribution is -0.154. The highest BCUT2D eigenvalue weighted by molar-refractivity contribution is 9.10. The van der Waals surface area contributed by atoms with E-state index in [2.05, 4.69) is 15.9 Å². The first-order valence-electron chi connectivity index (χ1n) is 5.58. The zero-order valence-electron chi connectivity index (χ0n) is 9.81. The maximum atomic E-state index is 12.3. The zero-order chi connectivity index (χ0) is 14.0. The van der Waals surface area contributed by atoms with Gasteiger partial charge in [-0.2, -0.15) is 0 Å². The van der Waals surface area contributed by atoms with Crippen molar-refractivity contribution in [3.8, 4) is 0 Å². The van der Waals surface area contributed by atoms with E-state index in [0.29, 0.717) is 17.1 Å². The molecule has 1 aromatic rings. The molecule has 2 rings (SSSR count). The van der Waals surface area contributed by atoms with Crippen LogP contribution < -0.4 is 0 Å². The number of benzene rings is 1. The maximum absolute atomic E-state index is 12.3. The minimum absolute atomic E-state index is 0.0283. The average Bonchev–Trinajstić information content (AvgIpc) is 2.38. The van der Waals surface area contributed by atoms with Crippen LogP contribution in [0.5, 0.6) is 0 Å². The van der Waals surface area contributed by atoms with Crippen molar-refractivity contribution >= 4 is 39.4 Å². The van der Waals surface area contributed by atoms with Gasteiger partial charge < -0.3 is 14.7 Å². The van der Waals surface area contributed by atoms with Crippen molar-refractivity contribution in [1.29, 1.82) is 0 Å². The van der Waals surface area contributed by atoms with Gasteiger partial charge in [-0.05, 0) is 18.2 Å². The number of rotatable bonds is 2. The Morgan fingerprint density at radius 1 is 1.47 bits per heavy atom. The Labute approximate surface area is 123 Å². The molecule has 1 atom stereocenters. The number of carbonyl (C=O) groups is 2. The molecular weight excluding hydrogens is 337 g/mol. The summed E-state index contributed by atoms with van der Waals surface area (Å²) >= 11 is 9.28. The molecule has 1 amide bonds. The minimum atomic E-state index is -1.07. The first-order chi connectivity index (χ1) is 8.99. The molecule has 0 spiro atoms. The van der Waals surface area contributed by atoms with Crippen molar-refractivity contribution in [1.82, 2.24) is 4.90 Å². The molecular formula is C12H11BrClNO4. The fraction of sp³-hybridized carbons (Fsp3) is 0.333. The largest absolute Gasteiger partial charge is 0.479 e. The molecule has 5 nitrogen and oxygen atoms in total. The summed E-state index contributed by atoms with van der Waals surface area (Å²) in [6.45, 7) is 0.590. The standard InChI is InChI=1S/C12H11BrClNO4/c13-7-1-2-8(9(14)5-7)11(16)15-3-4-19-10(6-15)12(17)18/h1-2,5,10H,3-4,6H2,(H,17,18)/t10-/m0/s1. The SMILES string of the molecule is O=C(O)[C@@H]1CN(C(=O)c2ccc(Br)cc2Cl)CCO1. The molecule has 0 unspecified atom stereocenters. The van der Waals surface area contributed by atoms with Gasteiger partial charge in [0.05, 0.1) is 23.7 Å². The molecule has 19 heavy (non-hydrogen) atoms. The van der Waals surface area contributed by atoms with E-state index in [0.717, 1.165) is 4.47 Å². The highest BCUT2D eigenvalue weighted by Gasteiger charge is 2.30. The highest BCUT2D eigenvalue weighted by atomic mass is 79.9. The lowest BCUT2D eigenvalue weighted by Crippen LogP contribution is -2.48. The van der Waals surface area contributed by atoms with Crippen LogP contribution >= 0.6 is 27.5 Å². The Morgan fingerprint density at radius 2 is 2.21 bits per heavy atom. The number of carboxylic acids is 1. The van der Waals surface area contributed by atoms with Crippen LogP contribution in [0.25, 0.3) is 0 Å². The summed E-state index contributed by atoms with van der Waals surface area (Å²) in [5.41, 5.74) is 0.357. The van der Waals surface area contributed by atoms with Crippen molar-refractivity contribution < 1.29 is 19.4 Å². The number of hydrogen-bond acceptors (Lipinski definition) is 3. The van der Waals surface area contributed by atoms with Gasteiger partial charge in [-0.15, -0.1) is 0 Å². The van der Waals surface area contributed by atoms with E-state index in [-0.39, 0.29) is 19.1 Å². The zero-order valence-corrected chi connectivity index (χ0v) is 12.1. The normalized spacial score (nSPS) is 19.3. The molecule has 1 aromatic carbocycles. The van der Waals surface area contributed by atoms with Gasteiger partial charge in [-0.1, -0.05) is 27.5 Å². The summed E-state index contributed by atoms with van der Waals surface area (Å²) in [4.78, 5) is 24.6. The molecule has 1 saturated heterocycles. The quantitative estimate of drug-likeness (QED) is 0.888. The predicted molar refractivity (Wildman–Crippen MR) is 72.4 cm³/mol. The first-order valence-corrected chi connectivity index (χ1v) is 6.75. The molecule has 1 aliphatic heterocycles. The van der Waals surface area contributed by atoms with Crippen molar-refractivity contribution in [2.24, 2.45) is 0 Å². The molecule has 0 saturated carbocycles. The smallest absolute Gasteiger partial charge is 0.334 e. The summed E-state index contributed by atoms with van der Waals surface area (Å²) in [7, 11) is 0. The van der Waals surface area contributed by atoms with Gasteiger partial charge in [0.2, 0.25) is 0 Å². The second-order valence-electron chi connectivity index (χ2n) is 4.07. The summed E-state index contributed by atoms with van der Waals surface area (Å²) in [6, 6.07) is 4.96. The van der Waals surface area contributed by atoms with Crippen molar-refractivity contribution in [3.05, 3.63) is 33.3 Å². The van der Waals surface area contributed by atoms with Crippen LogP contribution in [0.15, 0.2) is 22.7 Å². The highest BCUT2D eigenvalue weighted by Crippen LogP contribution is 2.23. The number of carboxylic acid groups (broad SMARTS) is 1. The lowest BCUT2D eigenvalue weighted by atomic mass is 10.1. The van der Waals surface area contributed by atoms with Gasteiger partial charge in [0.1, 0.15) is 0 Å². The van der Waals surface area contributed by atoms with Gasteiger partial charge in [0, 0.05) is 11.0 Å². The molecule has 0 aromatic heterocycles. The Morgan fingerprint density at radius 3 is 2.84 bits per heavy atom. The monoisotopic (exact) mass is 347 g/mol. The van der Waals surface area contributed by atoms with E-state index >= 15 is 0 Å². The maximum Gasteiger partial charge on any atom is 0.334 e. The van der Waals surface area contributed by atoms with Crippen LogP contribution in [0, 0.1) is 0 Å². The number of aliphatic carboxylic acids is 1. The van der Waals surface area contributed by atoms with Gasteiger partial charge in [-0.25, -0.2) is 4.79 Å². The number of nitrogens with zero attached hydrogens (tertiary/aromatic N) is 1. The summed E-state index contributed by atoms with van der Waals surface area (Å²) in [5.74, 6) is -1.36. The molecule has 0 aliphatic carbocycles. The van der Waals surface area contributed by atoms with Gasteiger partial charge in [0.15, 0.2) is 6.10 Å². The second-order valence-corrected chi connectivity index (χ2v) is 5.40. The summed E-state index contributed by atoms with van der Waals surface area (Å²) in [6.07, 6.45) is -0.980. The third kappa shape index (κ3) is 3.26. The van der Waals surface area contributed by atoms with Gasteiger partial charge in [-0.3, -0.25) is 4.79 Å². The summed E-state index contributed by atoms with van der Waals surface area (Å²) < 4.78 is 5.85. The fourth-order valence-corrected chi connectivity index (χ4v) is 2.57. The van der Waals surface area contributed by atoms with E-state index in [9.17, 15) is 9.59 Å². The first kappa shape index (κ1) is 14.3. The van der Waals surface area contributed by atoms with Crippen molar-refractivity contribution in [3.63, 3.8) is 0 Å². The van der Waals surface area contributed by atoms with E-state index in [1.54, 1.807) is 18.2 Å². The molecule has 1 aliphatic rings. The Balaban J connectivity index is 2.17. The molecule has 0 bridgehead atoms. The van der Waals surface area contributed by atoms with Crippen LogP contribution in [0.4, 0.5) is 0 Å².